The molecule has 4 rings (SSSR count). The first kappa shape index (κ1) is 14.4. The fourth-order valence-corrected chi connectivity index (χ4v) is 3.16. The van der Waals surface area contributed by atoms with Crippen LogP contribution in [0.4, 0.5) is 0 Å². The molecule has 5 nitrogen and oxygen atoms in total. The molecule has 0 spiro atoms. The summed E-state index contributed by atoms with van der Waals surface area (Å²) in [4.78, 5) is 8.86. The molecule has 1 atom stereocenters. The summed E-state index contributed by atoms with van der Waals surface area (Å²) >= 11 is 0. The largest absolute Gasteiger partial charge is 0.371 e. The Morgan fingerprint density at radius 2 is 2.30 bits per heavy atom. The van der Waals surface area contributed by atoms with Gasteiger partial charge in [-0.1, -0.05) is 12.1 Å². The first-order valence-corrected chi connectivity index (χ1v) is 7.96. The van der Waals surface area contributed by atoms with E-state index in [0.29, 0.717) is 13.2 Å². The van der Waals surface area contributed by atoms with Gasteiger partial charge in [-0.25, -0.2) is 4.98 Å². The molecule has 1 aliphatic heterocycles. The fraction of sp³-hybridized carbons (Fsp3) is 0.333. The van der Waals surface area contributed by atoms with Crippen molar-refractivity contribution >= 4 is 11.0 Å². The molecule has 23 heavy (non-hydrogen) atoms. The van der Waals surface area contributed by atoms with E-state index >= 15 is 0 Å². The number of aromatic nitrogens is 3. The molecule has 1 unspecified atom stereocenters. The fourth-order valence-electron chi connectivity index (χ4n) is 3.16. The van der Waals surface area contributed by atoms with Gasteiger partial charge in [0.1, 0.15) is 12.4 Å². The highest BCUT2D eigenvalue weighted by Gasteiger charge is 2.23. The Labute approximate surface area is 135 Å². The molecular formula is C18H20N4O. The summed E-state index contributed by atoms with van der Waals surface area (Å²) in [5.74, 6) is 1.02. The monoisotopic (exact) mass is 308 g/mol. The lowest BCUT2D eigenvalue weighted by Crippen LogP contribution is -2.32. The molecule has 3 heterocycles. The lowest BCUT2D eigenvalue weighted by Gasteiger charge is -2.26. The topological polar surface area (TPSA) is 52.0 Å². The summed E-state index contributed by atoms with van der Waals surface area (Å²) in [6, 6.07) is 10.7. The molecule has 1 N–H and O–H groups in total. The summed E-state index contributed by atoms with van der Waals surface area (Å²) in [5.41, 5.74) is 4.70. The standard InChI is InChI=1S/C18H20N4O/c1-13-4-5-16-17(7-13)22-15(11-23-12-18(22)21-16)10-20-9-14-3-2-6-19-8-14/h2-8,15,20H,9-12H2,1H3. The molecule has 1 aromatic carbocycles. The van der Waals surface area contributed by atoms with E-state index in [9.17, 15) is 0 Å². The van der Waals surface area contributed by atoms with E-state index in [4.69, 9.17) is 9.72 Å². The van der Waals surface area contributed by atoms with Gasteiger partial charge >= 0.3 is 0 Å². The van der Waals surface area contributed by atoms with Crippen molar-refractivity contribution < 1.29 is 4.74 Å². The summed E-state index contributed by atoms with van der Waals surface area (Å²) < 4.78 is 8.07. The predicted molar refractivity (Wildman–Crippen MR) is 89.1 cm³/mol. The number of imidazole rings is 1. The van der Waals surface area contributed by atoms with Crippen LogP contribution in [-0.4, -0.2) is 27.7 Å². The van der Waals surface area contributed by atoms with Gasteiger partial charge in [-0.15, -0.1) is 0 Å². The van der Waals surface area contributed by atoms with Gasteiger partial charge in [0.05, 0.1) is 23.7 Å². The average Bonchev–Trinajstić information content (AvgIpc) is 2.94. The van der Waals surface area contributed by atoms with Crippen molar-refractivity contribution in [3.8, 4) is 0 Å². The quantitative estimate of drug-likeness (QED) is 0.805. The highest BCUT2D eigenvalue weighted by Crippen LogP contribution is 2.26. The number of rotatable bonds is 4. The van der Waals surface area contributed by atoms with Gasteiger partial charge in [0, 0.05) is 25.5 Å². The first-order chi connectivity index (χ1) is 11.3. The van der Waals surface area contributed by atoms with E-state index in [1.807, 2.05) is 12.3 Å². The lowest BCUT2D eigenvalue weighted by atomic mass is 10.2. The Morgan fingerprint density at radius 3 is 3.17 bits per heavy atom. The number of fused-ring (bicyclic) bond motifs is 3. The molecule has 0 saturated carbocycles. The summed E-state index contributed by atoms with van der Waals surface area (Å²) in [6.07, 6.45) is 3.69. The zero-order valence-electron chi connectivity index (χ0n) is 13.2. The van der Waals surface area contributed by atoms with E-state index in [0.717, 1.165) is 24.4 Å². The number of nitrogens with zero attached hydrogens (tertiary/aromatic N) is 3. The zero-order chi connectivity index (χ0) is 15.6. The number of hydrogen-bond acceptors (Lipinski definition) is 4. The van der Waals surface area contributed by atoms with Crippen LogP contribution >= 0.6 is 0 Å². The second-order valence-electron chi connectivity index (χ2n) is 6.05. The number of hydrogen-bond donors (Lipinski definition) is 1. The summed E-state index contributed by atoms with van der Waals surface area (Å²) in [7, 11) is 0. The second-order valence-corrected chi connectivity index (χ2v) is 6.05. The Hall–Kier alpha value is -2.24. The van der Waals surface area contributed by atoms with Crippen molar-refractivity contribution in [3.63, 3.8) is 0 Å². The van der Waals surface area contributed by atoms with Crippen LogP contribution in [0.5, 0.6) is 0 Å². The minimum atomic E-state index is 0.266. The van der Waals surface area contributed by atoms with Crippen molar-refractivity contribution in [2.75, 3.05) is 13.2 Å². The average molecular weight is 308 g/mol. The van der Waals surface area contributed by atoms with Crippen molar-refractivity contribution in [3.05, 3.63) is 59.7 Å². The van der Waals surface area contributed by atoms with Crippen LogP contribution in [0.3, 0.4) is 0 Å². The first-order valence-electron chi connectivity index (χ1n) is 7.96. The SMILES string of the molecule is Cc1ccc2nc3n(c2c1)C(CNCc1cccnc1)COC3. The van der Waals surface area contributed by atoms with Gasteiger partial charge in [-0.05, 0) is 36.2 Å². The maximum atomic E-state index is 5.74. The van der Waals surface area contributed by atoms with Crippen LogP contribution < -0.4 is 5.32 Å². The van der Waals surface area contributed by atoms with E-state index in [1.165, 1.54) is 16.6 Å². The van der Waals surface area contributed by atoms with Gasteiger partial charge in [-0.3, -0.25) is 4.98 Å². The Morgan fingerprint density at radius 1 is 1.35 bits per heavy atom. The van der Waals surface area contributed by atoms with E-state index < -0.39 is 0 Å². The van der Waals surface area contributed by atoms with Crippen molar-refractivity contribution in [2.24, 2.45) is 0 Å². The van der Waals surface area contributed by atoms with Gasteiger partial charge in [-0.2, -0.15) is 0 Å². The third kappa shape index (κ3) is 2.85. The van der Waals surface area contributed by atoms with Crippen LogP contribution in [-0.2, 0) is 17.9 Å². The van der Waals surface area contributed by atoms with Crippen LogP contribution in [0, 0.1) is 6.92 Å². The molecule has 118 valence electrons. The molecular weight excluding hydrogens is 288 g/mol. The van der Waals surface area contributed by atoms with Gasteiger partial charge in [0.25, 0.3) is 0 Å². The molecule has 3 aromatic rings. The maximum absolute atomic E-state index is 5.74. The van der Waals surface area contributed by atoms with Crippen molar-refractivity contribution in [1.29, 1.82) is 0 Å². The molecule has 0 saturated heterocycles. The minimum Gasteiger partial charge on any atom is -0.371 e. The van der Waals surface area contributed by atoms with Crippen LogP contribution in [0.1, 0.15) is 23.0 Å². The van der Waals surface area contributed by atoms with Gasteiger partial charge in [0.2, 0.25) is 0 Å². The second kappa shape index (κ2) is 6.10. The van der Waals surface area contributed by atoms with Crippen molar-refractivity contribution in [1.82, 2.24) is 19.9 Å². The molecule has 5 heteroatoms. The highest BCUT2D eigenvalue weighted by atomic mass is 16.5. The maximum Gasteiger partial charge on any atom is 0.136 e. The van der Waals surface area contributed by atoms with E-state index in [1.54, 1.807) is 6.20 Å². The predicted octanol–water partition coefficient (Wildman–Crippen LogP) is 2.60. The third-order valence-electron chi connectivity index (χ3n) is 4.26. The molecule has 0 radical (unpaired) electrons. The normalized spacial score (nSPS) is 17.3. The molecule has 0 amide bonds. The van der Waals surface area contributed by atoms with Crippen LogP contribution in [0.15, 0.2) is 42.7 Å². The number of ether oxygens (including phenoxy) is 1. The van der Waals surface area contributed by atoms with Gasteiger partial charge in [0.15, 0.2) is 0 Å². The van der Waals surface area contributed by atoms with Gasteiger partial charge < -0.3 is 14.6 Å². The number of pyridine rings is 1. The lowest BCUT2D eigenvalue weighted by molar-refractivity contribution is 0.0564. The van der Waals surface area contributed by atoms with Crippen molar-refractivity contribution in [2.45, 2.75) is 26.1 Å². The molecule has 2 aromatic heterocycles. The number of benzene rings is 1. The minimum absolute atomic E-state index is 0.266. The Balaban J connectivity index is 1.55. The highest BCUT2D eigenvalue weighted by molar-refractivity contribution is 5.77. The van der Waals surface area contributed by atoms with Crippen LogP contribution in [0.2, 0.25) is 0 Å². The zero-order valence-corrected chi connectivity index (χ0v) is 13.2. The van der Waals surface area contributed by atoms with E-state index in [2.05, 4.69) is 46.1 Å². The Bertz CT molecular complexity index is 813. The third-order valence-corrected chi connectivity index (χ3v) is 4.26. The molecule has 0 bridgehead atoms. The number of aryl methyl sites for hydroxylation is 1. The molecule has 0 fully saturated rings. The Kier molecular flexibility index (Phi) is 3.81. The number of nitrogens with one attached hydrogen (secondary N) is 1. The molecule has 0 aliphatic carbocycles. The smallest absolute Gasteiger partial charge is 0.136 e. The molecule has 1 aliphatic rings. The summed E-state index contributed by atoms with van der Waals surface area (Å²) in [5, 5.41) is 3.51. The van der Waals surface area contributed by atoms with Crippen LogP contribution in [0.25, 0.3) is 11.0 Å². The summed E-state index contributed by atoms with van der Waals surface area (Å²) in [6.45, 7) is 5.08. The van der Waals surface area contributed by atoms with E-state index in [-0.39, 0.29) is 6.04 Å².